The molecule has 5 nitrogen and oxygen atoms in total. The lowest BCUT2D eigenvalue weighted by molar-refractivity contribution is 0.108. The predicted octanol–water partition coefficient (Wildman–Crippen LogP) is 6.32. The molecule has 1 fully saturated rings. The van der Waals surface area contributed by atoms with Gasteiger partial charge in [-0.25, -0.2) is 9.97 Å². The smallest absolute Gasteiger partial charge is 0.219 e. The van der Waals surface area contributed by atoms with E-state index >= 15 is 0 Å². The van der Waals surface area contributed by atoms with E-state index < -0.39 is 0 Å². The molecule has 0 aliphatic heterocycles. The predicted molar refractivity (Wildman–Crippen MR) is 128 cm³/mol. The van der Waals surface area contributed by atoms with Crippen LogP contribution < -0.4 is 4.90 Å². The molecular weight excluding hydrogens is 406 g/mol. The van der Waals surface area contributed by atoms with Gasteiger partial charge < -0.3 is 9.32 Å². The molecule has 0 N–H and O–H groups in total. The summed E-state index contributed by atoms with van der Waals surface area (Å²) < 4.78 is 6.12. The zero-order valence-electron chi connectivity index (χ0n) is 17.8. The standard InChI is InChI=1S/C25H25N3O2S/c1-3-4-13-31-25(29)17-9-12-19-20(14-17)27-24(28(2)18-10-11-18)23(26-19)22-15-16-7-5-6-8-21(16)30-22/h5-9,12,14-15,18H,3-4,10-11,13H2,1-2H3. The molecule has 0 saturated heterocycles. The van der Waals surface area contributed by atoms with E-state index in [1.807, 2.05) is 48.5 Å². The highest BCUT2D eigenvalue weighted by Crippen LogP contribution is 2.37. The second kappa shape index (κ2) is 8.35. The highest BCUT2D eigenvalue weighted by atomic mass is 32.2. The monoisotopic (exact) mass is 431 g/mol. The summed E-state index contributed by atoms with van der Waals surface area (Å²) in [6.07, 6.45) is 4.44. The molecule has 31 heavy (non-hydrogen) atoms. The van der Waals surface area contributed by atoms with Gasteiger partial charge in [-0.1, -0.05) is 43.3 Å². The third-order valence-corrected chi connectivity index (χ3v) is 6.69. The van der Waals surface area contributed by atoms with Crippen molar-refractivity contribution in [2.45, 2.75) is 38.6 Å². The summed E-state index contributed by atoms with van der Waals surface area (Å²) in [6, 6.07) is 16.1. The van der Waals surface area contributed by atoms with Gasteiger partial charge in [0.15, 0.2) is 11.6 Å². The Labute approximate surface area is 185 Å². The number of benzene rings is 2. The molecular formula is C25H25N3O2S. The summed E-state index contributed by atoms with van der Waals surface area (Å²) in [7, 11) is 2.06. The van der Waals surface area contributed by atoms with E-state index in [9.17, 15) is 4.79 Å². The largest absolute Gasteiger partial charge is 0.454 e. The van der Waals surface area contributed by atoms with Crippen molar-refractivity contribution in [1.29, 1.82) is 0 Å². The van der Waals surface area contributed by atoms with E-state index in [1.54, 1.807) is 0 Å². The second-order valence-corrected chi connectivity index (χ2v) is 9.15. The number of nitrogens with zero attached hydrogens (tertiary/aromatic N) is 3. The minimum Gasteiger partial charge on any atom is -0.454 e. The van der Waals surface area contributed by atoms with Crippen LogP contribution in [-0.2, 0) is 0 Å². The number of unbranched alkanes of at least 4 members (excludes halogenated alkanes) is 1. The van der Waals surface area contributed by atoms with Crippen molar-refractivity contribution in [2.75, 3.05) is 17.7 Å². The molecule has 2 aromatic heterocycles. The minimum atomic E-state index is 0.0932. The van der Waals surface area contributed by atoms with Gasteiger partial charge in [-0.2, -0.15) is 0 Å². The molecule has 2 aromatic carbocycles. The van der Waals surface area contributed by atoms with Gasteiger partial charge in [-0.05, 0) is 49.6 Å². The van der Waals surface area contributed by atoms with Crippen LogP contribution >= 0.6 is 11.8 Å². The molecule has 0 spiro atoms. The molecule has 0 radical (unpaired) electrons. The summed E-state index contributed by atoms with van der Waals surface area (Å²) in [5.41, 5.74) is 3.76. The van der Waals surface area contributed by atoms with Crippen LogP contribution in [-0.4, -0.2) is 33.9 Å². The fraction of sp³-hybridized carbons (Fsp3) is 0.320. The zero-order chi connectivity index (χ0) is 21.4. The van der Waals surface area contributed by atoms with E-state index in [1.165, 1.54) is 11.8 Å². The Kier molecular flexibility index (Phi) is 5.40. The molecule has 0 unspecified atom stereocenters. The van der Waals surface area contributed by atoms with E-state index in [2.05, 4.69) is 18.9 Å². The van der Waals surface area contributed by atoms with Crippen LogP contribution in [0.25, 0.3) is 33.5 Å². The van der Waals surface area contributed by atoms with Gasteiger partial charge in [0.25, 0.3) is 0 Å². The van der Waals surface area contributed by atoms with Gasteiger partial charge in [0, 0.05) is 29.8 Å². The minimum absolute atomic E-state index is 0.0932. The Morgan fingerprint density at radius 3 is 2.74 bits per heavy atom. The number of aromatic nitrogens is 2. The molecule has 5 rings (SSSR count). The van der Waals surface area contributed by atoms with E-state index in [-0.39, 0.29) is 5.12 Å². The van der Waals surface area contributed by atoms with Gasteiger partial charge in [-0.15, -0.1) is 0 Å². The SMILES string of the molecule is CCCCSC(=O)c1ccc2nc(-c3cc4ccccc4o3)c(N(C)C3CC3)nc2c1. The van der Waals surface area contributed by atoms with Crippen LogP contribution in [0.15, 0.2) is 52.9 Å². The number of rotatable bonds is 7. The number of carbonyl (C=O) groups excluding carboxylic acids is 1. The van der Waals surface area contributed by atoms with Crippen molar-refractivity contribution in [3.05, 3.63) is 54.1 Å². The first-order valence-electron chi connectivity index (χ1n) is 10.8. The Balaban J connectivity index is 1.58. The molecule has 1 saturated carbocycles. The number of para-hydroxylation sites is 1. The molecule has 1 aliphatic carbocycles. The van der Waals surface area contributed by atoms with E-state index in [4.69, 9.17) is 14.4 Å². The van der Waals surface area contributed by atoms with Gasteiger partial charge in [0.2, 0.25) is 5.12 Å². The first-order valence-corrected chi connectivity index (χ1v) is 11.8. The van der Waals surface area contributed by atoms with Crippen molar-refractivity contribution in [3.63, 3.8) is 0 Å². The maximum Gasteiger partial charge on any atom is 0.219 e. The fourth-order valence-corrected chi connectivity index (χ4v) is 4.62. The number of hydrogen-bond donors (Lipinski definition) is 0. The van der Waals surface area contributed by atoms with Crippen molar-refractivity contribution in [3.8, 4) is 11.5 Å². The lowest BCUT2D eigenvalue weighted by atomic mass is 10.2. The van der Waals surface area contributed by atoms with Crippen molar-refractivity contribution in [2.24, 2.45) is 0 Å². The number of anilines is 1. The summed E-state index contributed by atoms with van der Waals surface area (Å²) in [5.74, 6) is 2.37. The molecule has 1 aliphatic rings. The molecule has 6 heteroatoms. The third-order valence-electron chi connectivity index (χ3n) is 5.70. The third kappa shape index (κ3) is 4.04. The number of hydrogen-bond acceptors (Lipinski definition) is 6. The zero-order valence-corrected chi connectivity index (χ0v) is 18.6. The topological polar surface area (TPSA) is 59.2 Å². The summed E-state index contributed by atoms with van der Waals surface area (Å²) in [6.45, 7) is 2.13. The van der Waals surface area contributed by atoms with Gasteiger partial charge in [-0.3, -0.25) is 4.79 Å². The first kappa shape index (κ1) is 20.1. The van der Waals surface area contributed by atoms with Gasteiger partial charge in [0.05, 0.1) is 11.0 Å². The van der Waals surface area contributed by atoms with E-state index in [0.29, 0.717) is 17.4 Å². The molecule has 4 aromatic rings. The van der Waals surface area contributed by atoms with Crippen LogP contribution in [0.5, 0.6) is 0 Å². The second-order valence-electron chi connectivity index (χ2n) is 8.08. The van der Waals surface area contributed by atoms with Crippen LogP contribution in [0.3, 0.4) is 0 Å². The maximum atomic E-state index is 12.6. The van der Waals surface area contributed by atoms with Crippen LogP contribution in [0, 0.1) is 0 Å². The van der Waals surface area contributed by atoms with Gasteiger partial charge >= 0.3 is 0 Å². The highest BCUT2D eigenvalue weighted by Gasteiger charge is 2.30. The van der Waals surface area contributed by atoms with Crippen molar-refractivity contribution in [1.82, 2.24) is 9.97 Å². The normalized spacial score (nSPS) is 13.7. The van der Waals surface area contributed by atoms with Crippen molar-refractivity contribution < 1.29 is 9.21 Å². The van der Waals surface area contributed by atoms with E-state index in [0.717, 1.165) is 65.0 Å². The number of furan rings is 1. The first-order chi connectivity index (χ1) is 15.1. The van der Waals surface area contributed by atoms with Crippen molar-refractivity contribution >= 4 is 44.7 Å². The average Bonchev–Trinajstić information content (AvgIpc) is 3.55. The average molecular weight is 432 g/mol. The fourth-order valence-electron chi connectivity index (χ4n) is 3.71. The summed E-state index contributed by atoms with van der Waals surface area (Å²) >= 11 is 1.38. The number of thioether (sulfide) groups is 1. The Bertz CT molecular complexity index is 1230. The van der Waals surface area contributed by atoms with Crippen LogP contribution in [0.2, 0.25) is 0 Å². The number of fused-ring (bicyclic) bond motifs is 2. The molecule has 158 valence electrons. The van der Waals surface area contributed by atoms with Crippen LogP contribution in [0.1, 0.15) is 43.0 Å². The summed E-state index contributed by atoms with van der Waals surface area (Å²) in [4.78, 5) is 24.7. The lowest BCUT2D eigenvalue weighted by Gasteiger charge is -2.20. The Hall–Kier alpha value is -2.86. The number of carbonyl (C=O) groups is 1. The quantitative estimate of drug-likeness (QED) is 0.319. The Morgan fingerprint density at radius 1 is 1.13 bits per heavy atom. The summed E-state index contributed by atoms with van der Waals surface area (Å²) in [5, 5.41) is 1.14. The molecule has 0 amide bonds. The Morgan fingerprint density at radius 2 is 1.97 bits per heavy atom. The highest BCUT2D eigenvalue weighted by molar-refractivity contribution is 8.14. The lowest BCUT2D eigenvalue weighted by Crippen LogP contribution is -2.22. The molecule has 2 heterocycles. The van der Waals surface area contributed by atoms with Gasteiger partial charge in [0.1, 0.15) is 11.3 Å². The molecule has 0 bridgehead atoms. The maximum absolute atomic E-state index is 12.6. The molecule has 0 atom stereocenters. The van der Waals surface area contributed by atoms with Crippen LogP contribution in [0.4, 0.5) is 5.82 Å².